The molecule has 1 N–H and O–H groups in total. The molecule has 2 aromatic carbocycles. The van der Waals surface area contributed by atoms with Crippen LogP contribution < -0.4 is 5.32 Å². The predicted molar refractivity (Wildman–Crippen MR) is 95.4 cm³/mol. The third kappa shape index (κ3) is 4.09. The fourth-order valence-electron chi connectivity index (χ4n) is 2.67. The van der Waals surface area contributed by atoms with Gasteiger partial charge in [-0.25, -0.2) is 0 Å². The zero-order valence-corrected chi connectivity index (χ0v) is 14.6. The maximum atomic E-state index is 12.5. The van der Waals surface area contributed by atoms with Gasteiger partial charge in [-0.3, -0.25) is 9.59 Å². The number of methoxy groups -OCH3 is 1. The minimum atomic E-state index is -0.140. The smallest absolute Gasteiger partial charge is 0.251 e. The minimum absolute atomic E-state index is 0.00546. The lowest BCUT2D eigenvalue weighted by Gasteiger charge is -2.15. The van der Waals surface area contributed by atoms with Gasteiger partial charge >= 0.3 is 0 Å². The fourth-order valence-corrected chi connectivity index (χ4v) is 2.67. The third-order valence-corrected chi connectivity index (χ3v) is 3.89. The van der Waals surface area contributed by atoms with Crippen LogP contribution in [0.5, 0.6) is 0 Å². The zero-order valence-electron chi connectivity index (χ0n) is 14.6. The van der Waals surface area contributed by atoms with Crippen molar-refractivity contribution in [1.82, 2.24) is 5.32 Å². The van der Waals surface area contributed by atoms with Gasteiger partial charge in [-0.1, -0.05) is 36.4 Å². The average molecular weight is 325 g/mol. The van der Waals surface area contributed by atoms with E-state index in [1.54, 1.807) is 20.1 Å². The van der Waals surface area contributed by atoms with Crippen LogP contribution in [-0.2, 0) is 4.74 Å². The molecule has 1 atom stereocenters. The van der Waals surface area contributed by atoms with Crippen LogP contribution in [0.2, 0.25) is 0 Å². The number of ketones is 1. The maximum absolute atomic E-state index is 12.5. The Labute approximate surface area is 142 Å². The molecule has 0 aliphatic rings. The maximum Gasteiger partial charge on any atom is 0.251 e. The SMILES string of the molecule is COCC(C)NC(=O)c1cc(-c2ccccc2C(C)=O)ccc1C. The highest BCUT2D eigenvalue weighted by Gasteiger charge is 2.15. The molecule has 1 amide bonds. The van der Waals surface area contributed by atoms with E-state index in [2.05, 4.69) is 5.32 Å². The molecule has 0 saturated carbocycles. The molecule has 2 aromatic rings. The van der Waals surface area contributed by atoms with Gasteiger partial charge < -0.3 is 10.1 Å². The monoisotopic (exact) mass is 325 g/mol. The lowest BCUT2D eigenvalue weighted by Crippen LogP contribution is -2.35. The number of rotatable bonds is 6. The standard InChI is InChI=1S/C20H23NO3/c1-13-9-10-16(18-8-6-5-7-17(18)15(3)22)11-19(13)20(23)21-14(2)12-24-4/h5-11,14H,12H2,1-4H3,(H,21,23). The molecule has 126 valence electrons. The first-order chi connectivity index (χ1) is 11.4. The van der Waals surface area contributed by atoms with Crippen molar-refractivity contribution in [3.63, 3.8) is 0 Å². The summed E-state index contributed by atoms with van der Waals surface area (Å²) >= 11 is 0. The van der Waals surface area contributed by atoms with Gasteiger partial charge in [-0.05, 0) is 43.5 Å². The lowest BCUT2D eigenvalue weighted by atomic mass is 9.94. The van der Waals surface area contributed by atoms with E-state index >= 15 is 0 Å². The number of ether oxygens (including phenoxy) is 1. The van der Waals surface area contributed by atoms with E-state index in [1.165, 1.54) is 0 Å². The first kappa shape index (κ1) is 17.9. The van der Waals surface area contributed by atoms with Gasteiger partial charge in [-0.2, -0.15) is 0 Å². The zero-order chi connectivity index (χ0) is 17.7. The largest absolute Gasteiger partial charge is 0.383 e. The number of nitrogens with one attached hydrogen (secondary N) is 1. The fraction of sp³-hybridized carbons (Fsp3) is 0.300. The highest BCUT2D eigenvalue weighted by Crippen LogP contribution is 2.26. The molecular formula is C20H23NO3. The van der Waals surface area contributed by atoms with E-state index in [0.29, 0.717) is 17.7 Å². The highest BCUT2D eigenvalue weighted by atomic mass is 16.5. The molecule has 24 heavy (non-hydrogen) atoms. The second-order valence-electron chi connectivity index (χ2n) is 5.96. The Hall–Kier alpha value is -2.46. The topological polar surface area (TPSA) is 55.4 Å². The summed E-state index contributed by atoms with van der Waals surface area (Å²) in [7, 11) is 1.60. The summed E-state index contributed by atoms with van der Waals surface area (Å²) in [6, 6.07) is 13.0. The Balaban J connectivity index is 2.39. The van der Waals surface area contributed by atoms with Crippen molar-refractivity contribution in [1.29, 1.82) is 0 Å². The van der Waals surface area contributed by atoms with Gasteiger partial charge in [0.2, 0.25) is 0 Å². The summed E-state index contributed by atoms with van der Waals surface area (Å²) in [5.74, 6) is -0.134. The number of benzene rings is 2. The summed E-state index contributed by atoms with van der Waals surface area (Å²) < 4.78 is 5.05. The van der Waals surface area contributed by atoms with Crippen molar-refractivity contribution in [3.8, 4) is 11.1 Å². The van der Waals surface area contributed by atoms with Crippen LogP contribution in [0.1, 0.15) is 40.1 Å². The number of Topliss-reactive ketones (excluding diaryl/α,β-unsaturated/α-hetero) is 1. The molecule has 0 aromatic heterocycles. The van der Waals surface area contributed by atoms with Gasteiger partial charge in [-0.15, -0.1) is 0 Å². The van der Waals surface area contributed by atoms with Crippen LogP contribution >= 0.6 is 0 Å². The van der Waals surface area contributed by atoms with Crippen LogP contribution in [0.15, 0.2) is 42.5 Å². The van der Waals surface area contributed by atoms with Crippen molar-refractivity contribution in [2.45, 2.75) is 26.8 Å². The van der Waals surface area contributed by atoms with Gasteiger partial charge in [0.05, 0.1) is 6.61 Å². The summed E-state index contributed by atoms with van der Waals surface area (Å²) in [4.78, 5) is 24.4. The number of hydrogen-bond acceptors (Lipinski definition) is 3. The Bertz CT molecular complexity index is 752. The number of amides is 1. The Morgan fingerprint density at radius 1 is 1.12 bits per heavy atom. The van der Waals surface area contributed by atoms with E-state index in [9.17, 15) is 9.59 Å². The second kappa shape index (κ2) is 7.88. The van der Waals surface area contributed by atoms with Crippen LogP contribution in [0.3, 0.4) is 0 Å². The van der Waals surface area contributed by atoms with E-state index in [0.717, 1.165) is 16.7 Å². The van der Waals surface area contributed by atoms with E-state index in [4.69, 9.17) is 4.74 Å². The molecule has 4 heteroatoms. The number of carbonyl (C=O) groups is 2. The molecule has 0 bridgehead atoms. The average Bonchev–Trinajstić information content (AvgIpc) is 2.55. The normalized spacial score (nSPS) is 11.8. The first-order valence-corrected chi connectivity index (χ1v) is 7.94. The van der Waals surface area contributed by atoms with Crippen molar-refractivity contribution in [2.24, 2.45) is 0 Å². The van der Waals surface area contributed by atoms with Crippen molar-refractivity contribution in [2.75, 3.05) is 13.7 Å². The van der Waals surface area contributed by atoms with Crippen molar-refractivity contribution >= 4 is 11.7 Å². The van der Waals surface area contributed by atoms with Crippen molar-refractivity contribution in [3.05, 3.63) is 59.2 Å². The van der Waals surface area contributed by atoms with Gasteiger partial charge in [0, 0.05) is 24.3 Å². The third-order valence-electron chi connectivity index (χ3n) is 3.89. The van der Waals surface area contributed by atoms with E-state index < -0.39 is 0 Å². The highest BCUT2D eigenvalue weighted by molar-refractivity contribution is 6.02. The summed E-state index contributed by atoms with van der Waals surface area (Å²) in [5.41, 5.74) is 3.84. The molecule has 0 spiro atoms. The number of carbonyl (C=O) groups excluding carboxylic acids is 2. The summed E-state index contributed by atoms with van der Waals surface area (Å²) in [6.07, 6.45) is 0. The van der Waals surface area contributed by atoms with Crippen molar-refractivity contribution < 1.29 is 14.3 Å². The molecule has 4 nitrogen and oxygen atoms in total. The Morgan fingerprint density at radius 3 is 2.50 bits per heavy atom. The molecule has 1 unspecified atom stereocenters. The molecular weight excluding hydrogens is 302 g/mol. The summed E-state index contributed by atoms with van der Waals surface area (Å²) in [5, 5.41) is 2.92. The van der Waals surface area contributed by atoms with Crippen LogP contribution in [-0.4, -0.2) is 31.4 Å². The molecule has 2 rings (SSSR count). The van der Waals surface area contributed by atoms with Crippen LogP contribution in [0.25, 0.3) is 11.1 Å². The number of hydrogen-bond donors (Lipinski definition) is 1. The van der Waals surface area contributed by atoms with E-state index in [1.807, 2.05) is 50.2 Å². The van der Waals surface area contributed by atoms with Crippen LogP contribution in [0, 0.1) is 6.92 Å². The summed E-state index contributed by atoms with van der Waals surface area (Å²) in [6.45, 7) is 5.80. The minimum Gasteiger partial charge on any atom is -0.383 e. The molecule has 0 heterocycles. The predicted octanol–water partition coefficient (Wildman–Crippen LogP) is 3.63. The van der Waals surface area contributed by atoms with E-state index in [-0.39, 0.29) is 17.7 Å². The quantitative estimate of drug-likeness (QED) is 0.825. The Morgan fingerprint density at radius 2 is 1.83 bits per heavy atom. The molecule has 0 fully saturated rings. The lowest BCUT2D eigenvalue weighted by molar-refractivity contribution is 0.0904. The first-order valence-electron chi connectivity index (χ1n) is 7.94. The number of aryl methyl sites for hydroxylation is 1. The van der Waals surface area contributed by atoms with Gasteiger partial charge in [0.25, 0.3) is 5.91 Å². The van der Waals surface area contributed by atoms with Crippen LogP contribution in [0.4, 0.5) is 0 Å². The molecule has 0 radical (unpaired) electrons. The van der Waals surface area contributed by atoms with Gasteiger partial charge in [0.15, 0.2) is 5.78 Å². The molecule has 0 aliphatic heterocycles. The molecule has 0 aliphatic carbocycles. The Kier molecular flexibility index (Phi) is 5.88. The second-order valence-corrected chi connectivity index (χ2v) is 5.96. The van der Waals surface area contributed by atoms with Gasteiger partial charge in [0.1, 0.15) is 0 Å². The molecule has 0 saturated heterocycles.